The van der Waals surface area contributed by atoms with Gasteiger partial charge in [-0.15, -0.1) is 0 Å². The molecule has 4 saturated carbocycles. The predicted octanol–water partition coefficient (Wildman–Crippen LogP) is -0.260. The van der Waals surface area contributed by atoms with Crippen LogP contribution in [0.5, 0.6) is 0 Å². The predicted molar refractivity (Wildman–Crippen MR) is 96.2 cm³/mol. The van der Waals surface area contributed by atoms with E-state index in [0.717, 1.165) is 0 Å². The Morgan fingerprint density at radius 2 is 1.62 bits per heavy atom. The van der Waals surface area contributed by atoms with Gasteiger partial charge in [-0.3, -0.25) is 10.2 Å². The van der Waals surface area contributed by atoms with Gasteiger partial charge in [-0.25, -0.2) is 5.43 Å². The summed E-state index contributed by atoms with van der Waals surface area (Å²) in [6.45, 7) is 3.69. The molecule has 0 radical (unpaired) electrons. The third kappa shape index (κ3) is 2.67. The highest BCUT2D eigenvalue weighted by Gasteiger charge is 2.67. The first kappa shape index (κ1) is 18.8. The fraction of sp³-hybridized carbons (Fsp3) is 0.947. The molecule has 0 unspecified atom stereocenters. The third-order valence-electron chi connectivity index (χ3n) is 7.63. The molecule has 0 heterocycles. The van der Waals surface area contributed by atoms with Gasteiger partial charge in [0, 0.05) is 23.9 Å². The average Bonchev–Trinajstić information content (AvgIpc) is 3.05. The van der Waals surface area contributed by atoms with Gasteiger partial charge in [0.2, 0.25) is 0 Å². The van der Waals surface area contributed by atoms with Gasteiger partial charge in [-0.05, 0) is 65.3 Å². The molecule has 0 bridgehead atoms. The van der Waals surface area contributed by atoms with Gasteiger partial charge in [0.1, 0.15) is 5.78 Å². The molecular weight excluding hydrogens is 334 g/mol. The number of hydrogen-bond donors (Lipinski definition) is 6. The van der Waals surface area contributed by atoms with E-state index < -0.39 is 33.9 Å². The molecule has 4 aliphatic carbocycles. The minimum atomic E-state index is -0.818. The van der Waals surface area contributed by atoms with Crippen LogP contribution >= 0.6 is 0 Å². The van der Waals surface area contributed by atoms with Crippen LogP contribution in [0.25, 0.3) is 0 Å². The molecule has 4 fully saturated rings. The Morgan fingerprint density at radius 3 is 2.31 bits per heavy atom. The molecule has 7 heteroatoms. The van der Waals surface area contributed by atoms with Crippen LogP contribution in [0.1, 0.15) is 65.2 Å². The standard InChI is InChI=1S/C19H33N3O4/c1-15(25)5-12-4-13(23)6-17(12,9-15)21-22-19-8-14(24)7-18(19,20-3)10-16(2,26)11-19/h12,14,20-22,24-26H,4-11H2,1-3H3/t12-,14+,15+,16-,17-,18-,19+/m0/s1. The van der Waals surface area contributed by atoms with E-state index in [4.69, 9.17) is 0 Å². The van der Waals surface area contributed by atoms with Crippen LogP contribution in [-0.2, 0) is 4.79 Å². The number of rotatable bonds is 4. The third-order valence-corrected chi connectivity index (χ3v) is 7.63. The zero-order valence-electron chi connectivity index (χ0n) is 16.1. The number of aliphatic hydroxyl groups excluding tert-OH is 1. The maximum atomic E-state index is 12.1. The van der Waals surface area contributed by atoms with Crippen molar-refractivity contribution in [1.82, 2.24) is 16.2 Å². The highest BCUT2D eigenvalue weighted by Crippen LogP contribution is 2.55. The molecule has 26 heavy (non-hydrogen) atoms. The van der Waals surface area contributed by atoms with E-state index in [1.165, 1.54) is 0 Å². The topological polar surface area (TPSA) is 114 Å². The van der Waals surface area contributed by atoms with Crippen molar-refractivity contribution in [2.45, 2.75) is 99.1 Å². The maximum absolute atomic E-state index is 12.1. The maximum Gasteiger partial charge on any atom is 0.135 e. The number of hydrazine groups is 1. The van der Waals surface area contributed by atoms with E-state index in [0.29, 0.717) is 51.4 Å². The summed E-state index contributed by atoms with van der Waals surface area (Å²) in [6.07, 6.45) is 3.87. The summed E-state index contributed by atoms with van der Waals surface area (Å²) in [5.41, 5.74) is 4.04. The van der Waals surface area contributed by atoms with Crippen LogP contribution in [0.2, 0.25) is 0 Å². The number of fused-ring (bicyclic) bond motifs is 2. The SMILES string of the molecule is CN[C@]12C[C@@H](O)C[C@@]1(NN[C@]13CC(=O)C[C@H]1C[C@@](C)(O)C3)C[C@@](C)(O)C2. The van der Waals surface area contributed by atoms with Crippen LogP contribution in [0, 0.1) is 5.92 Å². The van der Waals surface area contributed by atoms with Crippen molar-refractivity contribution in [3.05, 3.63) is 0 Å². The average molecular weight is 367 g/mol. The summed E-state index contributed by atoms with van der Waals surface area (Å²) in [4.78, 5) is 12.1. The quantitative estimate of drug-likeness (QED) is 0.380. The second-order valence-electron chi connectivity index (χ2n) is 10.2. The van der Waals surface area contributed by atoms with E-state index in [2.05, 4.69) is 16.2 Å². The fourth-order valence-electron chi connectivity index (χ4n) is 6.99. The van der Waals surface area contributed by atoms with E-state index in [1.54, 1.807) is 0 Å². The van der Waals surface area contributed by atoms with E-state index in [-0.39, 0.29) is 11.7 Å². The summed E-state index contributed by atoms with van der Waals surface area (Å²) in [7, 11) is 1.89. The molecule has 7 nitrogen and oxygen atoms in total. The first-order valence-corrected chi connectivity index (χ1v) is 9.82. The van der Waals surface area contributed by atoms with Crippen molar-refractivity contribution in [2.75, 3.05) is 7.05 Å². The van der Waals surface area contributed by atoms with Crippen molar-refractivity contribution in [3.63, 3.8) is 0 Å². The van der Waals surface area contributed by atoms with Gasteiger partial charge in [0.15, 0.2) is 0 Å². The highest BCUT2D eigenvalue weighted by molar-refractivity contribution is 5.83. The van der Waals surface area contributed by atoms with Crippen LogP contribution < -0.4 is 16.2 Å². The Labute approximate surface area is 154 Å². The molecule has 0 aromatic carbocycles. The van der Waals surface area contributed by atoms with Gasteiger partial charge in [0.25, 0.3) is 0 Å². The summed E-state index contributed by atoms with van der Waals surface area (Å²) < 4.78 is 0. The van der Waals surface area contributed by atoms with E-state index >= 15 is 0 Å². The second kappa shape index (κ2) is 5.49. The van der Waals surface area contributed by atoms with Crippen LogP contribution in [0.15, 0.2) is 0 Å². The van der Waals surface area contributed by atoms with Gasteiger partial charge < -0.3 is 20.6 Å². The minimum Gasteiger partial charge on any atom is -0.393 e. The smallest absolute Gasteiger partial charge is 0.135 e. The zero-order chi connectivity index (χ0) is 19.0. The summed E-state index contributed by atoms with van der Waals surface area (Å²) >= 11 is 0. The molecule has 0 aromatic rings. The zero-order valence-corrected chi connectivity index (χ0v) is 16.1. The Bertz CT molecular complexity index is 624. The van der Waals surface area contributed by atoms with Crippen LogP contribution in [0.4, 0.5) is 0 Å². The number of hydrogen-bond acceptors (Lipinski definition) is 7. The minimum absolute atomic E-state index is 0.117. The molecule has 4 rings (SSSR count). The molecule has 148 valence electrons. The van der Waals surface area contributed by atoms with Crippen molar-refractivity contribution in [2.24, 2.45) is 5.92 Å². The molecule has 6 N–H and O–H groups in total. The number of Topliss-reactive ketones (excluding diaryl/α,β-unsaturated/α-hetero) is 1. The van der Waals surface area contributed by atoms with Crippen molar-refractivity contribution >= 4 is 5.78 Å². The lowest BCUT2D eigenvalue weighted by molar-refractivity contribution is -0.118. The van der Waals surface area contributed by atoms with E-state index in [1.807, 2.05) is 20.9 Å². The van der Waals surface area contributed by atoms with Crippen molar-refractivity contribution in [3.8, 4) is 0 Å². The fourth-order valence-corrected chi connectivity index (χ4v) is 6.99. The first-order valence-electron chi connectivity index (χ1n) is 9.82. The van der Waals surface area contributed by atoms with Crippen LogP contribution in [0.3, 0.4) is 0 Å². The largest absolute Gasteiger partial charge is 0.393 e. The first-order chi connectivity index (χ1) is 11.9. The second-order valence-corrected chi connectivity index (χ2v) is 10.2. The normalized spacial score (nSPS) is 56.2. The lowest BCUT2D eigenvalue weighted by Gasteiger charge is -2.44. The number of carbonyl (C=O) groups excluding carboxylic acids is 1. The number of nitrogens with one attached hydrogen (secondary N) is 3. The van der Waals surface area contributed by atoms with Gasteiger partial charge >= 0.3 is 0 Å². The number of aliphatic hydroxyl groups is 3. The Hall–Kier alpha value is -0.570. The lowest BCUT2D eigenvalue weighted by Crippen LogP contribution is -2.69. The summed E-state index contributed by atoms with van der Waals surface area (Å²) in [5, 5.41) is 35.1. The Kier molecular flexibility index (Phi) is 3.96. The Balaban J connectivity index is 1.60. The lowest BCUT2D eigenvalue weighted by atomic mass is 9.83. The molecule has 0 aliphatic heterocycles. The monoisotopic (exact) mass is 367 g/mol. The van der Waals surface area contributed by atoms with Gasteiger partial charge in [-0.2, -0.15) is 0 Å². The molecular formula is C19H33N3O4. The molecule has 7 atom stereocenters. The summed E-state index contributed by atoms with van der Waals surface area (Å²) in [5.74, 6) is 0.355. The molecule has 4 aliphatic rings. The Morgan fingerprint density at radius 1 is 0.962 bits per heavy atom. The number of carbonyl (C=O) groups is 1. The number of ketones is 1. The molecule has 0 aromatic heterocycles. The van der Waals surface area contributed by atoms with Gasteiger partial charge in [-0.1, -0.05) is 0 Å². The van der Waals surface area contributed by atoms with Crippen LogP contribution in [-0.4, -0.2) is 62.1 Å². The molecule has 0 saturated heterocycles. The number of likely N-dealkylation sites (N-methyl/N-ethyl adjacent to an activating group) is 1. The van der Waals surface area contributed by atoms with E-state index in [9.17, 15) is 20.1 Å². The van der Waals surface area contributed by atoms with Crippen molar-refractivity contribution in [1.29, 1.82) is 0 Å². The van der Waals surface area contributed by atoms with Crippen molar-refractivity contribution < 1.29 is 20.1 Å². The highest BCUT2D eigenvalue weighted by atomic mass is 16.3. The van der Waals surface area contributed by atoms with Gasteiger partial charge in [0.05, 0.1) is 22.8 Å². The summed E-state index contributed by atoms with van der Waals surface area (Å²) in [6, 6.07) is 0. The molecule has 0 spiro atoms. The molecule has 0 amide bonds.